The molecule has 2 aromatic rings. The van der Waals surface area contributed by atoms with Crippen LogP contribution in [-0.4, -0.2) is 70.9 Å². The lowest BCUT2D eigenvalue weighted by molar-refractivity contribution is -0.137. The summed E-state index contributed by atoms with van der Waals surface area (Å²) >= 11 is 0. The second kappa shape index (κ2) is 8.75. The molecule has 1 fully saturated rings. The van der Waals surface area contributed by atoms with Crippen molar-refractivity contribution in [2.24, 2.45) is 0 Å². The summed E-state index contributed by atoms with van der Waals surface area (Å²) in [6.07, 6.45) is -3.23. The van der Waals surface area contributed by atoms with Crippen LogP contribution in [0.25, 0.3) is 0 Å². The van der Waals surface area contributed by atoms with Crippen molar-refractivity contribution in [3.8, 4) is 5.75 Å². The zero-order valence-electron chi connectivity index (χ0n) is 18.3. The number of carbonyl (C=O) groups is 2. The SMILES string of the molecule is CNC(=O)c1nn(CC2(c3cccc(C(F)(F)F)c3)CCN(C(=O)N(C)C)C2)cc(O)c1=O. The molecule has 1 unspecified atom stereocenters. The third kappa shape index (κ3) is 4.78. The molecule has 3 amide bonds. The van der Waals surface area contributed by atoms with Gasteiger partial charge < -0.3 is 20.2 Å². The summed E-state index contributed by atoms with van der Waals surface area (Å²) < 4.78 is 41.3. The summed E-state index contributed by atoms with van der Waals surface area (Å²) in [6.45, 7) is 0.278. The number of aromatic hydroxyl groups is 1. The Bertz CT molecular complexity index is 1130. The van der Waals surface area contributed by atoms with E-state index in [1.807, 2.05) is 0 Å². The fourth-order valence-electron chi connectivity index (χ4n) is 3.98. The molecule has 1 atom stereocenters. The zero-order chi connectivity index (χ0) is 24.6. The molecule has 1 aliphatic rings. The first-order chi connectivity index (χ1) is 15.4. The first-order valence-electron chi connectivity index (χ1n) is 10.0. The Balaban J connectivity index is 2.10. The molecule has 0 aliphatic carbocycles. The standard InChI is InChI=1S/C21H24F3N5O4/c1-25-18(32)16-17(31)15(30)10-29(26-16)12-20(7-8-28(11-20)19(33)27(2)3)13-5-4-6-14(9-13)21(22,23)24/h4-6,9-10,30H,7-8,11-12H2,1-3H3,(H,25,32). The van der Waals surface area contributed by atoms with Crippen molar-refractivity contribution in [2.75, 3.05) is 34.2 Å². The van der Waals surface area contributed by atoms with Crippen LogP contribution in [0.2, 0.25) is 0 Å². The van der Waals surface area contributed by atoms with Gasteiger partial charge in [0.15, 0.2) is 11.4 Å². The lowest BCUT2D eigenvalue weighted by Crippen LogP contribution is -2.42. The van der Waals surface area contributed by atoms with E-state index in [0.717, 1.165) is 23.0 Å². The van der Waals surface area contributed by atoms with Gasteiger partial charge in [-0.2, -0.15) is 18.3 Å². The number of nitrogens with one attached hydrogen (secondary N) is 1. The van der Waals surface area contributed by atoms with E-state index in [1.165, 1.54) is 22.9 Å². The number of aromatic nitrogens is 2. The minimum Gasteiger partial charge on any atom is -0.503 e. The molecule has 0 radical (unpaired) electrons. The predicted octanol–water partition coefficient (Wildman–Crippen LogP) is 1.65. The number of likely N-dealkylation sites (tertiary alicyclic amines) is 1. The van der Waals surface area contributed by atoms with Gasteiger partial charge in [-0.15, -0.1) is 0 Å². The van der Waals surface area contributed by atoms with Crippen LogP contribution >= 0.6 is 0 Å². The highest BCUT2D eigenvalue weighted by atomic mass is 19.4. The summed E-state index contributed by atoms with van der Waals surface area (Å²) in [5.41, 5.74) is -3.03. The Morgan fingerprint density at radius 3 is 2.61 bits per heavy atom. The van der Waals surface area contributed by atoms with Crippen LogP contribution in [0.1, 0.15) is 28.0 Å². The topological polar surface area (TPSA) is 108 Å². The molecule has 1 saturated heterocycles. The maximum Gasteiger partial charge on any atom is 0.416 e. The maximum absolute atomic E-state index is 13.4. The van der Waals surface area contributed by atoms with Gasteiger partial charge in [0, 0.05) is 39.6 Å². The lowest BCUT2D eigenvalue weighted by atomic mass is 9.79. The Morgan fingerprint density at radius 2 is 2.00 bits per heavy atom. The molecule has 2 N–H and O–H groups in total. The summed E-state index contributed by atoms with van der Waals surface area (Å²) in [5.74, 6) is -1.53. The van der Waals surface area contributed by atoms with E-state index >= 15 is 0 Å². The van der Waals surface area contributed by atoms with E-state index in [-0.39, 0.29) is 25.7 Å². The quantitative estimate of drug-likeness (QED) is 0.711. The van der Waals surface area contributed by atoms with Crippen LogP contribution in [0.5, 0.6) is 5.75 Å². The first-order valence-corrected chi connectivity index (χ1v) is 10.0. The van der Waals surface area contributed by atoms with Gasteiger partial charge in [0.25, 0.3) is 11.3 Å². The van der Waals surface area contributed by atoms with E-state index in [1.54, 1.807) is 20.2 Å². The molecular weight excluding hydrogens is 443 g/mol. The van der Waals surface area contributed by atoms with Crippen molar-refractivity contribution >= 4 is 11.9 Å². The highest BCUT2D eigenvalue weighted by molar-refractivity contribution is 5.92. The number of hydrogen-bond donors (Lipinski definition) is 2. The van der Waals surface area contributed by atoms with E-state index in [9.17, 15) is 32.7 Å². The summed E-state index contributed by atoms with van der Waals surface area (Å²) in [4.78, 5) is 39.6. The van der Waals surface area contributed by atoms with E-state index in [4.69, 9.17) is 0 Å². The average Bonchev–Trinajstić information content (AvgIpc) is 3.19. The van der Waals surface area contributed by atoms with Crippen LogP contribution in [0.4, 0.5) is 18.0 Å². The fraction of sp³-hybridized carbons (Fsp3) is 0.429. The van der Waals surface area contributed by atoms with Crippen LogP contribution in [0.15, 0.2) is 35.3 Å². The second-order valence-electron chi connectivity index (χ2n) is 8.18. The molecule has 3 rings (SSSR count). The van der Waals surface area contributed by atoms with Gasteiger partial charge in [0.1, 0.15) is 0 Å². The highest BCUT2D eigenvalue weighted by Crippen LogP contribution is 2.39. The molecular formula is C21H24F3N5O4. The van der Waals surface area contributed by atoms with Gasteiger partial charge in [0.05, 0.1) is 18.3 Å². The number of urea groups is 1. The number of amides is 3. The Kier molecular flexibility index (Phi) is 6.39. The molecule has 0 bridgehead atoms. The summed E-state index contributed by atoms with van der Waals surface area (Å²) in [5, 5.41) is 16.3. The monoisotopic (exact) mass is 467 g/mol. The average molecular weight is 467 g/mol. The number of rotatable bonds is 4. The predicted molar refractivity (Wildman–Crippen MR) is 112 cm³/mol. The molecule has 9 nitrogen and oxygen atoms in total. The highest BCUT2D eigenvalue weighted by Gasteiger charge is 2.43. The minimum atomic E-state index is -4.56. The number of halogens is 3. The third-order valence-electron chi connectivity index (χ3n) is 5.66. The third-order valence-corrected chi connectivity index (χ3v) is 5.66. The van der Waals surface area contributed by atoms with Gasteiger partial charge in [-0.3, -0.25) is 14.3 Å². The molecule has 1 aromatic heterocycles. The van der Waals surface area contributed by atoms with Crippen molar-refractivity contribution in [3.05, 3.63) is 57.5 Å². The number of carbonyl (C=O) groups excluding carboxylic acids is 2. The van der Waals surface area contributed by atoms with Gasteiger partial charge in [0.2, 0.25) is 0 Å². The molecule has 1 aromatic carbocycles. The first kappa shape index (κ1) is 24.1. The molecule has 12 heteroatoms. The molecule has 1 aliphatic heterocycles. The van der Waals surface area contributed by atoms with Crippen molar-refractivity contribution in [1.82, 2.24) is 24.9 Å². The van der Waals surface area contributed by atoms with Gasteiger partial charge in [-0.1, -0.05) is 18.2 Å². The number of alkyl halides is 3. The van der Waals surface area contributed by atoms with Crippen LogP contribution < -0.4 is 10.7 Å². The van der Waals surface area contributed by atoms with Crippen LogP contribution in [0.3, 0.4) is 0 Å². The van der Waals surface area contributed by atoms with Gasteiger partial charge in [-0.05, 0) is 18.1 Å². The Morgan fingerprint density at radius 1 is 1.30 bits per heavy atom. The zero-order valence-corrected chi connectivity index (χ0v) is 18.3. The largest absolute Gasteiger partial charge is 0.503 e. The van der Waals surface area contributed by atoms with E-state index < -0.39 is 39.9 Å². The normalized spacial score (nSPS) is 18.3. The Labute approximate surface area is 187 Å². The van der Waals surface area contributed by atoms with Crippen LogP contribution in [0, 0.1) is 0 Å². The smallest absolute Gasteiger partial charge is 0.416 e. The molecule has 2 heterocycles. The van der Waals surface area contributed by atoms with Crippen molar-refractivity contribution in [1.29, 1.82) is 0 Å². The minimum absolute atomic E-state index is 0.0786. The molecule has 33 heavy (non-hydrogen) atoms. The van der Waals surface area contributed by atoms with E-state index in [2.05, 4.69) is 10.4 Å². The lowest BCUT2D eigenvalue weighted by Gasteiger charge is -2.31. The van der Waals surface area contributed by atoms with Crippen molar-refractivity contribution < 1.29 is 27.9 Å². The van der Waals surface area contributed by atoms with Crippen LogP contribution in [-0.2, 0) is 18.1 Å². The number of benzene rings is 1. The molecule has 0 saturated carbocycles. The molecule has 178 valence electrons. The van der Waals surface area contributed by atoms with Gasteiger partial charge >= 0.3 is 12.2 Å². The fourth-order valence-corrected chi connectivity index (χ4v) is 3.98. The Hall–Kier alpha value is -3.57. The maximum atomic E-state index is 13.4. The molecule has 0 spiro atoms. The number of hydrogen-bond acceptors (Lipinski definition) is 5. The van der Waals surface area contributed by atoms with E-state index in [0.29, 0.717) is 12.0 Å². The van der Waals surface area contributed by atoms with Crippen molar-refractivity contribution in [3.63, 3.8) is 0 Å². The second-order valence-corrected chi connectivity index (χ2v) is 8.18. The van der Waals surface area contributed by atoms with Crippen molar-refractivity contribution in [2.45, 2.75) is 24.6 Å². The summed E-state index contributed by atoms with van der Waals surface area (Å²) in [7, 11) is 4.44. The number of nitrogens with zero attached hydrogens (tertiary/aromatic N) is 4. The van der Waals surface area contributed by atoms with Gasteiger partial charge in [-0.25, -0.2) is 4.79 Å². The summed E-state index contributed by atoms with van der Waals surface area (Å²) in [6, 6.07) is 4.53.